The summed E-state index contributed by atoms with van der Waals surface area (Å²) in [7, 11) is 1.62. The third kappa shape index (κ3) is 1.15. The van der Waals surface area contributed by atoms with Gasteiger partial charge in [-0.05, 0) is 23.7 Å². The third-order valence-electron chi connectivity index (χ3n) is 1.63. The van der Waals surface area contributed by atoms with Crippen molar-refractivity contribution in [1.82, 2.24) is 4.37 Å². The predicted octanol–water partition coefficient (Wildman–Crippen LogP) is 2.96. The molecule has 0 radical (unpaired) electrons. The van der Waals surface area contributed by atoms with Gasteiger partial charge >= 0.3 is 0 Å². The van der Waals surface area contributed by atoms with Gasteiger partial charge in [0.05, 0.1) is 23.0 Å². The zero-order valence-electron chi connectivity index (χ0n) is 6.37. The average molecular weight is 200 g/mol. The molecule has 1 heterocycles. The summed E-state index contributed by atoms with van der Waals surface area (Å²) in [6, 6.07) is 3.72. The van der Waals surface area contributed by atoms with E-state index >= 15 is 0 Å². The molecule has 0 aliphatic carbocycles. The molecule has 1 aromatic heterocycles. The van der Waals surface area contributed by atoms with Crippen LogP contribution in [-0.4, -0.2) is 11.5 Å². The Morgan fingerprint density at radius 1 is 1.50 bits per heavy atom. The van der Waals surface area contributed by atoms with E-state index in [4.69, 9.17) is 16.3 Å². The molecule has 0 saturated carbocycles. The number of aromatic nitrogens is 1. The SMILES string of the molecule is COc1cc(Cl)c2cnsc2c1. The van der Waals surface area contributed by atoms with Gasteiger partial charge in [0.1, 0.15) is 5.75 Å². The van der Waals surface area contributed by atoms with Gasteiger partial charge < -0.3 is 4.74 Å². The molecule has 1 aromatic carbocycles. The monoisotopic (exact) mass is 199 g/mol. The Hall–Kier alpha value is -0.800. The van der Waals surface area contributed by atoms with E-state index in [1.807, 2.05) is 6.07 Å². The molecule has 0 N–H and O–H groups in total. The van der Waals surface area contributed by atoms with Gasteiger partial charge in [0.25, 0.3) is 0 Å². The number of hydrogen-bond donors (Lipinski definition) is 0. The van der Waals surface area contributed by atoms with Gasteiger partial charge in [0, 0.05) is 5.39 Å². The Balaban J connectivity index is 2.75. The lowest BCUT2D eigenvalue weighted by atomic mass is 10.3. The maximum atomic E-state index is 5.97. The van der Waals surface area contributed by atoms with Crippen LogP contribution in [0.2, 0.25) is 5.02 Å². The van der Waals surface area contributed by atoms with E-state index in [0.29, 0.717) is 5.02 Å². The van der Waals surface area contributed by atoms with Crippen molar-refractivity contribution >= 4 is 33.2 Å². The van der Waals surface area contributed by atoms with Crippen LogP contribution in [-0.2, 0) is 0 Å². The van der Waals surface area contributed by atoms with Crippen LogP contribution in [0.3, 0.4) is 0 Å². The highest BCUT2D eigenvalue weighted by Gasteiger charge is 2.03. The lowest BCUT2D eigenvalue weighted by molar-refractivity contribution is 0.415. The van der Waals surface area contributed by atoms with Crippen LogP contribution in [0.4, 0.5) is 0 Å². The van der Waals surface area contributed by atoms with E-state index in [0.717, 1.165) is 15.8 Å². The van der Waals surface area contributed by atoms with Gasteiger partial charge in [-0.3, -0.25) is 0 Å². The molecule has 0 saturated heterocycles. The van der Waals surface area contributed by atoms with Gasteiger partial charge in [-0.2, -0.15) is 4.37 Å². The van der Waals surface area contributed by atoms with Gasteiger partial charge in [-0.25, -0.2) is 0 Å². The number of halogens is 1. The van der Waals surface area contributed by atoms with Gasteiger partial charge in [0.2, 0.25) is 0 Å². The topological polar surface area (TPSA) is 22.1 Å². The summed E-state index contributed by atoms with van der Waals surface area (Å²) in [6.45, 7) is 0. The first kappa shape index (κ1) is 7.83. The summed E-state index contributed by atoms with van der Waals surface area (Å²) in [5.41, 5.74) is 0. The zero-order chi connectivity index (χ0) is 8.55. The minimum absolute atomic E-state index is 0.693. The molecule has 0 amide bonds. The van der Waals surface area contributed by atoms with E-state index in [2.05, 4.69) is 4.37 Å². The van der Waals surface area contributed by atoms with Crippen LogP contribution >= 0.6 is 23.1 Å². The maximum Gasteiger partial charge on any atom is 0.121 e. The largest absolute Gasteiger partial charge is 0.497 e. The molecule has 4 heteroatoms. The first-order valence-corrected chi connectivity index (χ1v) is 4.54. The fourth-order valence-corrected chi connectivity index (χ4v) is 2.04. The minimum Gasteiger partial charge on any atom is -0.497 e. The predicted molar refractivity (Wildman–Crippen MR) is 51.2 cm³/mol. The number of nitrogens with zero attached hydrogens (tertiary/aromatic N) is 1. The Morgan fingerprint density at radius 2 is 2.33 bits per heavy atom. The smallest absolute Gasteiger partial charge is 0.121 e. The first-order valence-electron chi connectivity index (χ1n) is 3.39. The van der Waals surface area contributed by atoms with Crippen LogP contribution in [0.5, 0.6) is 5.75 Å². The molecule has 0 aliphatic heterocycles. The van der Waals surface area contributed by atoms with Crippen molar-refractivity contribution in [1.29, 1.82) is 0 Å². The normalized spacial score (nSPS) is 10.5. The van der Waals surface area contributed by atoms with Gasteiger partial charge in [-0.15, -0.1) is 0 Å². The number of methoxy groups -OCH3 is 1. The molecule has 0 bridgehead atoms. The highest BCUT2D eigenvalue weighted by Crippen LogP contribution is 2.30. The molecular formula is C8H6ClNOS. The fourth-order valence-electron chi connectivity index (χ4n) is 1.02. The van der Waals surface area contributed by atoms with Crippen molar-refractivity contribution < 1.29 is 4.74 Å². The summed E-state index contributed by atoms with van der Waals surface area (Å²) in [4.78, 5) is 0. The molecule has 0 aliphatic rings. The Kier molecular flexibility index (Phi) is 1.90. The van der Waals surface area contributed by atoms with E-state index in [-0.39, 0.29) is 0 Å². The highest BCUT2D eigenvalue weighted by atomic mass is 35.5. The average Bonchev–Trinajstić information content (AvgIpc) is 2.52. The summed E-state index contributed by atoms with van der Waals surface area (Å²) in [5, 5.41) is 1.68. The van der Waals surface area contributed by atoms with E-state index in [1.54, 1.807) is 19.4 Å². The summed E-state index contributed by atoms with van der Waals surface area (Å²) in [6.07, 6.45) is 1.77. The lowest BCUT2D eigenvalue weighted by Gasteiger charge is -1.99. The number of ether oxygens (including phenoxy) is 1. The second kappa shape index (κ2) is 2.92. The zero-order valence-corrected chi connectivity index (χ0v) is 7.95. The van der Waals surface area contributed by atoms with Crippen molar-refractivity contribution in [3.8, 4) is 5.75 Å². The fraction of sp³-hybridized carbons (Fsp3) is 0.125. The molecule has 2 rings (SSSR count). The Morgan fingerprint density at radius 3 is 3.08 bits per heavy atom. The van der Waals surface area contributed by atoms with Crippen molar-refractivity contribution in [3.05, 3.63) is 23.4 Å². The molecule has 0 atom stereocenters. The first-order chi connectivity index (χ1) is 5.81. The Bertz CT molecular complexity index is 412. The minimum atomic E-state index is 0.693. The van der Waals surface area contributed by atoms with Crippen LogP contribution in [0.1, 0.15) is 0 Å². The van der Waals surface area contributed by atoms with Crippen LogP contribution in [0.15, 0.2) is 18.3 Å². The number of rotatable bonds is 1. The van der Waals surface area contributed by atoms with Crippen LogP contribution in [0, 0.1) is 0 Å². The highest BCUT2D eigenvalue weighted by molar-refractivity contribution is 7.13. The molecular weight excluding hydrogens is 194 g/mol. The third-order valence-corrected chi connectivity index (χ3v) is 2.69. The van der Waals surface area contributed by atoms with E-state index < -0.39 is 0 Å². The van der Waals surface area contributed by atoms with Crippen molar-refractivity contribution in [2.75, 3.05) is 7.11 Å². The maximum absolute atomic E-state index is 5.97. The molecule has 0 unspecified atom stereocenters. The lowest BCUT2D eigenvalue weighted by Crippen LogP contribution is -1.81. The number of benzene rings is 1. The summed E-state index contributed by atoms with van der Waals surface area (Å²) in [5.74, 6) is 0.775. The molecule has 2 nitrogen and oxygen atoms in total. The molecule has 0 spiro atoms. The Labute approximate surface area is 78.9 Å². The molecule has 62 valence electrons. The second-order valence-corrected chi connectivity index (χ2v) is 3.59. The molecule has 12 heavy (non-hydrogen) atoms. The van der Waals surface area contributed by atoms with Gasteiger partial charge in [-0.1, -0.05) is 11.6 Å². The van der Waals surface area contributed by atoms with Crippen LogP contribution in [0.25, 0.3) is 10.1 Å². The molecule has 2 aromatic rings. The van der Waals surface area contributed by atoms with Crippen molar-refractivity contribution in [3.63, 3.8) is 0 Å². The molecule has 0 fully saturated rings. The van der Waals surface area contributed by atoms with E-state index in [9.17, 15) is 0 Å². The second-order valence-electron chi connectivity index (χ2n) is 2.35. The standard InChI is InChI=1S/C8H6ClNOS/c1-11-5-2-7(9)6-4-10-12-8(6)3-5/h2-4H,1H3. The number of hydrogen-bond acceptors (Lipinski definition) is 3. The summed E-state index contributed by atoms with van der Waals surface area (Å²) < 4.78 is 10.2. The van der Waals surface area contributed by atoms with E-state index in [1.165, 1.54) is 11.5 Å². The van der Waals surface area contributed by atoms with Crippen molar-refractivity contribution in [2.24, 2.45) is 0 Å². The quantitative estimate of drug-likeness (QED) is 0.705. The van der Waals surface area contributed by atoms with Gasteiger partial charge in [0.15, 0.2) is 0 Å². The van der Waals surface area contributed by atoms with Crippen molar-refractivity contribution in [2.45, 2.75) is 0 Å². The number of fused-ring (bicyclic) bond motifs is 1. The van der Waals surface area contributed by atoms with Crippen LogP contribution < -0.4 is 4.74 Å². The summed E-state index contributed by atoms with van der Waals surface area (Å²) >= 11 is 7.39.